The second kappa shape index (κ2) is 31.5. The van der Waals surface area contributed by atoms with Gasteiger partial charge in [-0.15, -0.1) is 6.42 Å². The van der Waals surface area contributed by atoms with Crippen molar-refractivity contribution in [1.29, 1.82) is 0 Å². The second-order valence-corrected chi connectivity index (χ2v) is 22.0. The fourth-order valence-corrected chi connectivity index (χ4v) is 10.8. The molecule has 8 rings (SSSR count). The smallest absolute Gasteiger partial charge is 0.339 e. The fraction of sp³-hybridized carbons (Fsp3) is 0.370. The van der Waals surface area contributed by atoms with Gasteiger partial charge in [-0.3, -0.25) is 19.2 Å². The summed E-state index contributed by atoms with van der Waals surface area (Å²) >= 11 is 0. The summed E-state index contributed by atoms with van der Waals surface area (Å²) in [6.07, 6.45) is 19.4. The number of carbonyl (C=O) groups is 6. The summed E-state index contributed by atoms with van der Waals surface area (Å²) < 4.78 is 33.4. The van der Waals surface area contributed by atoms with E-state index >= 15 is 0 Å². The molecule has 0 bridgehead atoms. The van der Waals surface area contributed by atoms with Crippen LogP contribution in [0.1, 0.15) is 178 Å². The summed E-state index contributed by atoms with van der Waals surface area (Å²) in [4.78, 5) is 77.0. The Hall–Kier alpha value is -9.10. The highest BCUT2D eigenvalue weighted by molar-refractivity contribution is 5.90. The molecule has 3 fully saturated rings. The number of rotatable bonds is 19. The number of ether oxygens (including phenoxy) is 6. The molecule has 0 amide bonds. The Morgan fingerprint density at radius 2 is 0.906 bits per heavy atom. The summed E-state index contributed by atoms with van der Waals surface area (Å²) in [5.41, 5.74) is 5.14. The zero-order valence-corrected chi connectivity index (χ0v) is 48.3. The Bertz CT molecular complexity index is 3350. The minimum Gasteiger partial charge on any atom is -0.465 e. The van der Waals surface area contributed by atoms with Gasteiger partial charge in [-0.25, -0.2) is 9.59 Å². The van der Waals surface area contributed by atoms with Gasteiger partial charge >= 0.3 is 35.8 Å². The van der Waals surface area contributed by atoms with Crippen molar-refractivity contribution in [1.82, 2.24) is 0 Å². The molecule has 0 saturated heterocycles. The number of benzene rings is 5. The predicted molar refractivity (Wildman–Crippen MR) is 322 cm³/mol. The lowest BCUT2D eigenvalue weighted by Gasteiger charge is -2.36. The maximum Gasteiger partial charge on any atom is 0.339 e. The van der Waals surface area contributed by atoms with Crippen LogP contribution in [0.4, 0.5) is 0 Å². The third-order valence-corrected chi connectivity index (χ3v) is 16.0. The molecule has 0 N–H and O–H groups in total. The maximum absolute atomic E-state index is 14.1. The van der Waals surface area contributed by atoms with Crippen LogP contribution in [-0.2, 0) is 42.9 Å². The predicted octanol–water partition coefficient (Wildman–Crippen LogP) is 13.3. The van der Waals surface area contributed by atoms with Gasteiger partial charge in [0.05, 0.1) is 35.8 Å². The maximum atomic E-state index is 14.1. The minimum atomic E-state index is -1.12. The van der Waals surface area contributed by atoms with E-state index < -0.39 is 36.2 Å². The van der Waals surface area contributed by atoms with Gasteiger partial charge in [0.1, 0.15) is 11.5 Å². The minimum absolute atomic E-state index is 0.112. The average molecular weight is 1140 g/mol. The quantitative estimate of drug-likeness (QED) is 0.0147. The topological polar surface area (TPSA) is 158 Å². The SMILES string of the molecule is C#Cc1ccc(C#Cc2ccc(C#Cc3ccc(C#CC4(OC(=O)c5ccc(OC(=O)C6CCC(C(=O)OCCCCCCCC)CC6)cc5)CCC(c5ccc(OC(=O)C6CCC(C(=O)OCOC(=O)C=C)CC6)cc5)CC4)cc3)cc2)cc1. The van der Waals surface area contributed by atoms with Crippen LogP contribution in [0.25, 0.3) is 0 Å². The molecule has 12 heteroatoms. The normalized spacial score (nSPS) is 19.6. The van der Waals surface area contributed by atoms with E-state index in [0.29, 0.717) is 95.2 Å². The Balaban J connectivity index is 0.872. The lowest BCUT2D eigenvalue weighted by molar-refractivity contribution is -0.169. The van der Waals surface area contributed by atoms with Crippen molar-refractivity contribution in [3.63, 3.8) is 0 Å². The lowest BCUT2D eigenvalue weighted by atomic mass is 9.76. The molecule has 0 radical (unpaired) electrons. The Kier molecular flexibility index (Phi) is 23.0. The molecule has 436 valence electrons. The molecule has 5 aromatic rings. The van der Waals surface area contributed by atoms with Crippen molar-refractivity contribution >= 4 is 35.8 Å². The second-order valence-electron chi connectivity index (χ2n) is 22.0. The third-order valence-electron chi connectivity index (χ3n) is 16.0. The monoisotopic (exact) mass is 1140 g/mol. The van der Waals surface area contributed by atoms with Crippen LogP contribution in [0.2, 0.25) is 0 Å². The van der Waals surface area contributed by atoms with Crippen LogP contribution in [0, 0.1) is 71.5 Å². The summed E-state index contributed by atoms with van der Waals surface area (Å²) in [5.74, 6) is 19.0. The first-order valence-corrected chi connectivity index (χ1v) is 29.7. The third kappa shape index (κ3) is 19.0. The van der Waals surface area contributed by atoms with Crippen molar-refractivity contribution in [3.8, 4) is 59.4 Å². The van der Waals surface area contributed by atoms with Crippen LogP contribution in [0.15, 0.2) is 134 Å². The summed E-state index contributed by atoms with van der Waals surface area (Å²) in [7, 11) is 0. The number of esters is 6. The van der Waals surface area contributed by atoms with Gasteiger partial charge in [0.25, 0.3) is 0 Å². The van der Waals surface area contributed by atoms with E-state index in [1.807, 2.05) is 84.9 Å². The number of carbonyl (C=O) groups excluding carboxylic acids is 6. The molecule has 0 spiro atoms. The van der Waals surface area contributed by atoms with Crippen molar-refractivity contribution in [2.75, 3.05) is 13.4 Å². The molecule has 0 atom stereocenters. The van der Waals surface area contributed by atoms with E-state index in [4.69, 9.17) is 34.8 Å². The van der Waals surface area contributed by atoms with E-state index in [2.05, 4.69) is 54.9 Å². The Morgan fingerprint density at radius 1 is 0.494 bits per heavy atom. The van der Waals surface area contributed by atoms with E-state index in [0.717, 1.165) is 64.3 Å². The lowest BCUT2D eigenvalue weighted by Crippen LogP contribution is -2.37. The molecule has 5 aromatic carbocycles. The van der Waals surface area contributed by atoms with Gasteiger partial charge in [0, 0.05) is 39.5 Å². The Morgan fingerprint density at radius 3 is 1.36 bits per heavy atom. The molecular weight excluding hydrogens is 1070 g/mol. The highest BCUT2D eigenvalue weighted by atomic mass is 16.7. The summed E-state index contributed by atoms with van der Waals surface area (Å²) in [6, 6.07) is 36.7. The number of unbranched alkanes of at least 4 members (excludes halogenated alkanes) is 5. The number of terminal acetylenes is 1. The molecule has 0 aliphatic heterocycles. The van der Waals surface area contributed by atoms with Crippen molar-refractivity contribution < 1.29 is 57.2 Å². The summed E-state index contributed by atoms with van der Waals surface area (Å²) in [5, 5.41) is 0. The van der Waals surface area contributed by atoms with Crippen molar-refractivity contribution in [3.05, 3.63) is 178 Å². The molecule has 0 aromatic heterocycles. The van der Waals surface area contributed by atoms with Gasteiger partial charge in [0.15, 0.2) is 5.60 Å². The van der Waals surface area contributed by atoms with E-state index in [1.54, 1.807) is 36.4 Å². The van der Waals surface area contributed by atoms with Crippen molar-refractivity contribution in [2.45, 2.75) is 134 Å². The van der Waals surface area contributed by atoms with Gasteiger partial charge < -0.3 is 28.4 Å². The first-order valence-electron chi connectivity index (χ1n) is 29.7. The number of hydrogen-bond acceptors (Lipinski definition) is 12. The first-order chi connectivity index (χ1) is 41.4. The highest BCUT2D eigenvalue weighted by Gasteiger charge is 2.39. The molecule has 3 aliphatic carbocycles. The summed E-state index contributed by atoms with van der Waals surface area (Å²) in [6.45, 7) is 5.45. The number of hydrogen-bond donors (Lipinski definition) is 0. The molecule has 3 aliphatic rings. The largest absolute Gasteiger partial charge is 0.465 e. The molecule has 0 unspecified atom stereocenters. The standard InChI is InChI=1S/C73H72O12/c1-4-7-8-9-10-11-50-80-68(75)60-28-32-62(33-29-60)71(78)84-66-42-38-64(39-43-66)72(79)85-73(47-44-57-26-24-56(25-27-57)23-22-55-20-18-54(19-21-55)17-16-53-14-12-52(5-2)13-15-53)48-45-59(46-49-73)58-36-40-65(41-37-58)83-70(77)63-34-30-61(31-35-63)69(76)82-51-81-67(74)6-3/h2,6,12-15,18-21,24-27,36-43,59-63H,3-4,7-11,28-35,45-46,48-51H2,1H3. The highest BCUT2D eigenvalue weighted by Crippen LogP contribution is 2.41. The van der Waals surface area contributed by atoms with Gasteiger partial charge in [-0.1, -0.05) is 93.3 Å². The fourth-order valence-electron chi connectivity index (χ4n) is 10.8. The molecule has 12 nitrogen and oxygen atoms in total. The molecular formula is C73H72O12. The van der Waals surface area contributed by atoms with Crippen LogP contribution in [0.3, 0.4) is 0 Å². The van der Waals surface area contributed by atoms with E-state index in [-0.39, 0.29) is 47.1 Å². The van der Waals surface area contributed by atoms with Crippen LogP contribution in [-0.4, -0.2) is 54.8 Å². The van der Waals surface area contributed by atoms with E-state index in [9.17, 15) is 28.8 Å². The zero-order chi connectivity index (χ0) is 59.8. The van der Waals surface area contributed by atoms with Gasteiger partial charge in [-0.05, 0) is 210 Å². The van der Waals surface area contributed by atoms with Crippen LogP contribution in [0.5, 0.6) is 11.5 Å². The zero-order valence-electron chi connectivity index (χ0n) is 48.3. The average Bonchev–Trinajstić information content (AvgIpc) is 3.69. The van der Waals surface area contributed by atoms with Crippen LogP contribution < -0.4 is 9.47 Å². The van der Waals surface area contributed by atoms with E-state index in [1.165, 1.54) is 19.3 Å². The molecule has 0 heterocycles. The molecule has 85 heavy (non-hydrogen) atoms. The molecule has 3 saturated carbocycles. The first kappa shape index (κ1) is 62.0. The van der Waals surface area contributed by atoms with Crippen molar-refractivity contribution in [2.24, 2.45) is 23.7 Å². The van der Waals surface area contributed by atoms with Gasteiger partial charge in [-0.2, -0.15) is 0 Å². The van der Waals surface area contributed by atoms with Gasteiger partial charge in [0.2, 0.25) is 6.79 Å². The van der Waals surface area contributed by atoms with Crippen LogP contribution >= 0.6 is 0 Å². The Labute approximate surface area is 499 Å².